The molecule has 1 amide bonds. The molecule has 1 unspecified atom stereocenters. The summed E-state index contributed by atoms with van der Waals surface area (Å²) in [5, 5.41) is 10.1. The number of nitrogens with one attached hydrogen (secondary N) is 2. The van der Waals surface area contributed by atoms with Crippen LogP contribution in [-0.4, -0.2) is 69.3 Å². The van der Waals surface area contributed by atoms with Gasteiger partial charge in [0.1, 0.15) is 5.76 Å². The Morgan fingerprint density at radius 1 is 1.18 bits per heavy atom. The van der Waals surface area contributed by atoms with Gasteiger partial charge in [-0.15, -0.1) is 0 Å². The van der Waals surface area contributed by atoms with Gasteiger partial charge in [0.05, 0.1) is 41.3 Å². The molecule has 1 aromatic heterocycles. The number of hydrogen-bond donors (Lipinski definition) is 2. The quantitative estimate of drug-likeness (QED) is 0.547. The van der Waals surface area contributed by atoms with Crippen LogP contribution in [0.2, 0.25) is 0 Å². The number of hydrogen-bond acceptors (Lipinski definition) is 8. The average Bonchev–Trinajstić information content (AvgIpc) is 3.47. The van der Waals surface area contributed by atoms with Gasteiger partial charge >= 0.3 is 0 Å². The molecule has 4 rings (SSSR count). The van der Waals surface area contributed by atoms with Crippen LogP contribution in [0.25, 0.3) is 0 Å². The lowest BCUT2D eigenvalue weighted by Gasteiger charge is -2.26. The molecule has 2 fully saturated rings. The molecule has 0 bridgehead atoms. The summed E-state index contributed by atoms with van der Waals surface area (Å²) in [4.78, 5) is 13.0. The maximum Gasteiger partial charge on any atom is 0.243 e. The summed E-state index contributed by atoms with van der Waals surface area (Å²) in [6, 6.07) is 4.80. The van der Waals surface area contributed by atoms with Gasteiger partial charge in [-0.25, -0.2) is 8.42 Å². The molecule has 3 heterocycles. The van der Waals surface area contributed by atoms with Crippen LogP contribution < -0.4 is 10.6 Å². The van der Waals surface area contributed by atoms with Crippen molar-refractivity contribution >= 4 is 27.3 Å². The first-order valence-corrected chi connectivity index (χ1v) is 13.1. The smallest absolute Gasteiger partial charge is 0.243 e. The van der Waals surface area contributed by atoms with Crippen molar-refractivity contribution in [1.29, 1.82) is 0 Å². The van der Waals surface area contributed by atoms with E-state index in [1.54, 1.807) is 12.1 Å². The number of sulfonamides is 1. The third-order valence-electron chi connectivity index (χ3n) is 6.20. The van der Waals surface area contributed by atoms with Gasteiger partial charge < -0.3 is 24.6 Å². The third kappa shape index (κ3) is 5.77. The highest BCUT2D eigenvalue weighted by Crippen LogP contribution is 2.29. The lowest BCUT2D eigenvalue weighted by molar-refractivity contribution is -0.116. The van der Waals surface area contributed by atoms with E-state index in [1.165, 1.54) is 10.4 Å². The molecule has 2 N–H and O–H groups in total. The molecule has 2 aliphatic heterocycles. The molecule has 2 aromatic rings. The Morgan fingerprint density at radius 2 is 1.97 bits per heavy atom. The molecule has 186 valence electrons. The van der Waals surface area contributed by atoms with Gasteiger partial charge in [0, 0.05) is 38.2 Å². The first-order valence-electron chi connectivity index (χ1n) is 11.6. The highest BCUT2D eigenvalue weighted by molar-refractivity contribution is 7.89. The van der Waals surface area contributed by atoms with Crippen LogP contribution in [0.1, 0.15) is 36.3 Å². The Labute approximate surface area is 200 Å². The zero-order valence-corrected chi connectivity index (χ0v) is 20.4. The van der Waals surface area contributed by atoms with Gasteiger partial charge in [0.15, 0.2) is 0 Å². The Balaban J connectivity index is 1.52. The maximum absolute atomic E-state index is 13.2. The third-order valence-corrected chi connectivity index (χ3v) is 8.10. The number of amides is 1. The predicted octanol–water partition coefficient (Wildman–Crippen LogP) is 2.47. The van der Waals surface area contributed by atoms with E-state index in [0.717, 1.165) is 30.7 Å². The number of nitrogens with zero attached hydrogens (tertiary/aromatic N) is 2. The summed E-state index contributed by atoms with van der Waals surface area (Å²) in [5.74, 6) is 0.476. The minimum atomic E-state index is -3.70. The molecule has 0 saturated carbocycles. The zero-order chi connectivity index (χ0) is 24.1. The van der Waals surface area contributed by atoms with Gasteiger partial charge in [-0.3, -0.25) is 4.79 Å². The lowest BCUT2D eigenvalue weighted by atomic mass is 10.1. The Bertz CT molecular complexity index is 1090. The number of rotatable bonds is 9. The van der Waals surface area contributed by atoms with E-state index < -0.39 is 10.0 Å². The molecular weight excluding hydrogens is 460 g/mol. The second-order valence-corrected chi connectivity index (χ2v) is 10.5. The number of morpholine rings is 1. The largest absolute Gasteiger partial charge is 0.381 e. The molecule has 0 spiro atoms. The number of benzene rings is 1. The van der Waals surface area contributed by atoms with Crippen molar-refractivity contribution in [3.8, 4) is 0 Å². The number of carbonyl (C=O) groups is 1. The first-order chi connectivity index (χ1) is 16.3. The number of aromatic nitrogens is 1. The predicted molar refractivity (Wildman–Crippen MR) is 126 cm³/mol. The number of anilines is 2. The van der Waals surface area contributed by atoms with Crippen LogP contribution in [0, 0.1) is 13.8 Å². The summed E-state index contributed by atoms with van der Waals surface area (Å²) >= 11 is 0. The van der Waals surface area contributed by atoms with Gasteiger partial charge in [0.2, 0.25) is 15.9 Å². The molecule has 1 aromatic carbocycles. The van der Waals surface area contributed by atoms with Gasteiger partial charge in [-0.1, -0.05) is 5.16 Å². The van der Waals surface area contributed by atoms with Crippen molar-refractivity contribution in [2.24, 2.45) is 0 Å². The van der Waals surface area contributed by atoms with Gasteiger partial charge in [-0.2, -0.15) is 4.31 Å². The van der Waals surface area contributed by atoms with Gasteiger partial charge in [0.25, 0.3) is 0 Å². The fraction of sp³-hybridized carbons (Fsp3) is 0.565. The van der Waals surface area contributed by atoms with Crippen LogP contribution in [0.4, 0.5) is 11.4 Å². The molecule has 11 heteroatoms. The fourth-order valence-corrected chi connectivity index (χ4v) is 5.65. The van der Waals surface area contributed by atoms with Gasteiger partial charge in [-0.05, 0) is 51.3 Å². The maximum atomic E-state index is 13.2. The van der Waals surface area contributed by atoms with Crippen LogP contribution in [0.5, 0.6) is 0 Å². The van der Waals surface area contributed by atoms with Crippen molar-refractivity contribution in [3.05, 3.63) is 35.2 Å². The minimum absolute atomic E-state index is 0.0971. The summed E-state index contributed by atoms with van der Waals surface area (Å²) in [7, 11) is -3.70. The highest BCUT2D eigenvalue weighted by atomic mass is 32.2. The SMILES string of the molecule is Cc1noc(C)c1CCC(=O)Nc1cc(S(=O)(=O)N2CCOCC2)ccc1NCC1CCCO1. The highest BCUT2D eigenvalue weighted by Gasteiger charge is 2.27. The van der Waals surface area contributed by atoms with E-state index in [0.29, 0.717) is 56.4 Å². The Hall–Kier alpha value is -2.47. The summed E-state index contributed by atoms with van der Waals surface area (Å²) < 4.78 is 43.9. The van der Waals surface area contributed by atoms with E-state index in [9.17, 15) is 13.2 Å². The number of ether oxygens (including phenoxy) is 2. The first kappa shape index (κ1) is 24.6. The summed E-state index contributed by atoms with van der Waals surface area (Å²) in [6.07, 6.45) is 2.79. The van der Waals surface area contributed by atoms with Crippen LogP contribution in [0.15, 0.2) is 27.6 Å². The second kappa shape index (κ2) is 10.9. The van der Waals surface area contributed by atoms with E-state index in [4.69, 9.17) is 14.0 Å². The van der Waals surface area contributed by atoms with Crippen LogP contribution >= 0.6 is 0 Å². The number of carbonyl (C=O) groups excluding carboxylic acids is 1. The molecule has 10 nitrogen and oxygen atoms in total. The van der Waals surface area contributed by atoms with Crippen LogP contribution in [-0.2, 0) is 30.7 Å². The van der Waals surface area contributed by atoms with E-state index in [1.807, 2.05) is 13.8 Å². The molecule has 0 aliphatic carbocycles. The Morgan fingerprint density at radius 3 is 2.65 bits per heavy atom. The molecule has 2 aliphatic rings. The van der Waals surface area contributed by atoms with Crippen molar-refractivity contribution in [3.63, 3.8) is 0 Å². The molecule has 1 atom stereocenters. The lowest BCUT2D eigenvalue weighted by Crippen LogP contribution is -2.40. The van der Waals surface area contributed by atoms with Crippen LogP contribution in [0.3, 0.4) is 0 Å². The fourth-order valence-electron chi connectivity index (χ4n) is 4.22. The molecule has 2 saturated heterocycles. The Kier molecular flexibility index (Phi) is 7.87. The van der Waals surface area contributed by atoms with Crippen molar-refractivity contribution in [2.45, 2.75) is 50.5 Å². The topological polar surface area (TPSA) is 123 Å². The number of aryl methyl sites for hydroxylation is 2. The van der Waals surface area contributed by atoms with Crippen molar-refractivity contribution in [2.75, 3.05) is 50.1 Å². The zero-order valence-electron chi connectivity index (χ0n) is 19.6. The summed E-state index contributed by atoms with van der Waals surface area (Å²) in [5.41, 5.74) is 2.76. The van der Waals surface area contributed by atoms with Crippen molar-refractivity contribution < 1.29 is 27.2 Å². The van der Waals surface area contributed by atoms with E-state index >= 15 is 0 Å². The summed E-state index contributed by atoms with van der Waals surface area (Å²) in [6.45, 7) is 6.33. The van der Waals surface area contributed by atoms with E-state index in [-0.39, 0.29) is 23.3 Å². The second-order valence-electron chi connectivity index (χ2n) is 8.59. The average molecular weight is 493 g/mol. The van der Waals surface area contributed by atoms with Crippen molar-refractivity contribution in [1.82, 2.24) is 9.46 Å². The molecule has 34 heavy (non-hydrogen) atoms. The molecule has 0 radical (unpaired) electrons. The minimum Gasteiger partial charge on any atom is -0.381 e. The molecular formula is C23H32N4O6S. The van der Waals surface area contributed by atoms with E-state index in [2.05, 4.69) is 15.8 Å². The monoisotopic (exact) mass is 492 g/mol. The normalized spacial score (nSPS) is 19.3. The standard InChI is InChI=1S/C23H32N4O6S/c1-16-20(17(2)33-26-16)6-8-23(28)25-22-14-19(34(29,30)27-9-12-31-13-10-27)5-7-21(22)24-15-18-4-3-11-32-18/h5,7,14,18,24H,3-4,6,8-13,15H2,1-2H3,(H,25,28).